The smallest absolute Gasteiger partial charge is 0.379 e. The molecule has 0 heterocycles. The van der Waals surface area contributed by atoms with Crippen molar-refractivity contribution < 1.29 is 18.7 Å². The maximum atomic E-state index is 13.7. The van der Waals surface area contributed by atoms with Crippen LogP contribution in [-0.4, -0.2) is 11.1 Å². The first-order valence-corrected chi connectivity index (χ1v) is 9.23. The summed E-state index contributed by atoms with van der Waals surface area (Å²) >= 11 is 1.41. The summed E-state index contributed by atoms with van der Waals surface area (Å²) in [7, 11) is 0. The quantitative estimate of drug-likeness (QED) is 0.578. The van der Waals surface area contributed by atoms with E-state index in [9.17, 15) is 13.6 Å². The van der Waals surface area contributed by atoms with E-state index in [1.165, 1.54) is 23.9 Å². The van der Waals surface area contributed by atoms with Gasteiger partial charge in [0.25, 0.3) is 0 Å². The van der Waals surface area contributed by atoms with Crippen molar-refractivity contribution in [1.82, 2.24) is 0 Å². The van der Waals surface area contributed by atoms with Crippen LogP contribution in [0.4, 0.5) is 8.78 Å². The molecule has 1 rings (SSSR count). The van der Waals surface area contributed by atoms with E-state index in [2.05, 4.69) is 20.8 Å². The first-order valence-electron chi connectivity index (χ1n) is 8.41. The van der Waals surface area contributed by atoms with Crippen LogP contribution in [0.15, 0.2) is 28.0 Å². The molecular formula is C20H30F2O2S. The summed E-state index contributed by atoms with van der Waals surface area (Å²) in [6.07, 6.45) is 1.95. The molecule has 0 radical (unpaired) electrons. The van der Waals surface area contributed by atoms with Gasteiger partial charge in [0.05, 0.1) is 0 Å². The fraction of sp³-hybridized carbons (Fsp3) is 0.550. The van der Waals surface area contributed by atoms with Crippen LogP contribution in [0.25, 0.3) is 0 Å². The molecule has 5 heteroatoms. The van der Waals surface area contributed by atoms with E-state index in [1.807, 2.05) is 33.8 Å². The van der Waals surface area contributed by atoms with Crippen molar-refractivity contribution in [1.29, 1.82) is 0 Å². The van der Waals surface area contributed by atoms with E-state index in [0.29, 0.717) is 10.5 Å². The molecule has 0 saturated carbocycles. The Hall–Kier alpha value is -1.36. The summed E-state index contributed by atoms with van der Waals surface area (Å²) in [5, 5.41) is 8.69. The summed E-state index contributed by atoms with van der Waals surface area (Å²) in [5.74, 6) is -4.89. The molecule has 0 bridgehead atoms. The highest BCUT2D eigenvalue weighted by Crippen LogP contribution is 2.38. The van der Waals surface area contributed by atoms with Crippen LogP contribution in [0.5, 0.6) is 0 Å². The molecule has 1 aromatic carbocycles. The molecule has 1 aromatic rings. The Bertz CT molecular complexity index is 618. The van der Waals surface area contributed by atoms with Crippen molar-refractivity contribution in [2.24, 2.45) is 11.8 Å². The zero-order chi connectivity index (χ0) is 19.9. The van der Waals surface area contributed by atoms with Crippen LogP contribution < -0.4 is 0 Å². The Kier molecular flexibility index (Phi) is 9.41. The van der Waals surface area contributed by atoms with Gasteiger partial charge < -0.3 is 5.11 Å². The monoisotopic (exact) mass is 372 g/mol. The van der Waals surface area contributed by atoms with Gasteiger partial charge in [-0.3, -0.25) is 0 Å². The molecule has 0 fully saturated rings. The van der Waals surface area contributed by atoms with Crippen molar-refractivity contribution in [2.45, 2.75) is 66.2 Å². The SMILES string of the molecule is C/C=C(\Sc1cc(C(F)(F)C(=O)O)cc(C)c1C)C(C)C.CC(C)C. The number of carbonyl (C=O) groups is 1. The van der Waals surface area contributed by atoms with Crippen LogP contribution in [0.1, 0.15) is 58.2 Å². The van der Waals surface area contributed by atoms with Crippen molar-refractivity contribution in [2.75, 3.05) is 0 Å². The summed E-state index contributed by atoms with van der Waals surface area (Å²) in [4.78, 5) is 12.5. The van der Waals surface area contributed by atoms with Gasteiger partial charge in [-0.05, 0) is 60.8 Å². The lowest BCUT2D eigenvalue weighted by Gasteiger charge is -2.18. The zero-order valence-corrected chi connectivity index (χ0v) is 17.2. The number of allylic oxidation sites excluding steroid dienone is 2. The molecule has 0 aromatic heterocycles. The number of hydrogen-bond acceptors (Lipinski definition) is 2. The molecule has 0 atom stereocenters. The number of halogens is 2. The molecule has 0 aliphatic rings. The molecular weight excluding hydrogens is 342 g/mol. The number of carboxylic acid groups (broad SMARTS) is 1. The normalized spacial score (nSPS) is 12.2. The van der Waals surface area contributed by atoms with Crippen LogP contribution >= 0.6 is 11.8 Å². The largest absolute Gasteiger partial charge is 0.477 e. The average molecular weight is 373 g/mol. The van der Waals surface area contributed by atoms with Crippen LogP contribution in [0, 0.1) is 25.7 Å². The molecule has 25 heavy (non-hydrogen) atoms. The molecule has 0 saturated heterocycles. The highest BCUT2D eigenvalue weighted by Gasteiger charge is 2.41. The van der Waals surface area contributed by atoms with E-state index in [4.69, 9.17) is 5.11 Å². The molecule has 142 valence electrons. The molecule has 0 spiro atoms. The Morgan fingerprint density at radius 2 is 1.64 bits per heavy atom. The van der Waals surface area contributed by atoms with E-state index < -0.39 is 17.5 Å². The van der Waals surface area contributed by atoms with Crippen molar-refractivity contribution in [3.8, 4) is 0 Å². The van der Waals surface area contributed by atoms with Crippen molar-refractivity contribution in [3.05, 3.63) is 39.8 Å². The predicted molar refractivity (Wildman–Crippen MR) is 102 cm³/mol. The topological polar surface area (TPSA) is 37.3 Å². The first-order chi connectivity index (χ1) is 11.3. The van der Waals surface area contributed by atoms with E-state index in [-0.39, 0.29) is 5.92 Å². The molecule has 2 nitrogen and oxygen atoms in total. The van der Waals surface area contributed by atoms with Gasteiger partial charge in [0.2, 0.25) is 0 Å². The van der Waals surface area contributed by atoms with Crippen LogP contribution in [-0.2, 0) is 10.7 Å². The van der Waals surface area contributed by atoms with Gasteiger partial charge in [0.1, 0.15) is 0 Å². The van der Waals surface area contributed by atoms with Crippen molar-refractivity contribution in [3.63, 3.8) is 0 Å². The number of aliphatic carboxylic acids is 1. The van der Waals surface area contributed by atoms with Gasteiger partial charge in [0, 0.05) is 10.5 Å². The maximum Gasteiger partial charge on any atom is 0.379 e. The highest BCUT2D eigenvalue weighted by molar-refractivity contribution is 8.03. The second-order valence-electron chi connectivity index (χ2n) is 6.98. The molecule has 1 N–H and O–H groups in total. The Labute approximate surface area is 154 Å². The minimum Gasteiger partial charge on any atom is -0.477 e. The zero-order valence-electron chi connectivity index (χ0n) is 16.4. The lowest BCUT2D eigenvalue weighted by atomic mass is 10.0. The molecule has 0 aliphatic heterocycles. The number of rotatable bonds is 5. The number of benzene rings is 1. The fourth-order valence-corrected chi connectivity index (χ4v) is 2.98. The van der Waals surface area contributed by atoms with E-state index in [1.54, 1.807) is 6.92 Å². The highest BCUT2D eigenvalue weighted by atomic mass is 32.2. The van der Waals surface area contributed by atoms with E-state index >= 15 is 0 Å². The van der Waals surface area contributed by atoms with Gasteiger partial charge in [0.15, 0.2) is 0 Å². The van der Waals surface area contributed by atoms with Crippen LogP contribution in [0.3, 0.4) is 0 Å². The Morgan fingerprint density at radius 1 is 1.16 bits per heavy atom. The fourth-order valence-electron chi connectivity index (χ4n) is 1.87. The maximum absolute atomic E-state index is 13.7. The molecule has 0 amide bonds. The van der Waals surface area contributed by atoms with E-state index in [0.717, 1.165) is 16.4 Å². The third kappa shape index (κ3) is 7.18. The summed E-state index contributed by atoms with van der Waals surface area (Å²) in [6.45, 7) is 16.0. The van der Waals surface area contributed by atoms with Gasteiger partial charge >= 0.3 is 11.9 Å². The van der Waals surface area contributed by atoms with Crippen LogP contribution in [0.2, 0.25) is 0 Å². The minimum atomic E-state index is -3.87. The Balaban J connectivity index is 0.00000129. The predicted octanol–water partition coefficient (Wildman–Crippen LogP) is 6.79. The third-order valence-electron chi connectivity index (χ3n) is 3.33. The summed E-state index contributed by atoms with van der Waals surface area (Å²) in [5.41, 5.74) is 1.08. The first kappa shape index (κ1) is 23.6. The summed E-state index contributed by atoms with van der Waals surface area (Å²) in [6, 6.07) is 2.53. The Morgan fingerprint density at radius 3 is 2.00 bits per heavy atom. The van der Waals surface area contributed by atoms with Gasteiger partial charge in [-0.25, -0.2) is 4.79 Å². The molecule has 0 aliphatic carbocycles. The second kappa shape index (κ2) is 9.95. The van der Waals surface area contributed by atoms with Gasteiger partial charge in [-0.2, -0.15) is 8.78 Å². The lowest BCUT2D eigenvalue weighted by Crippen LogP contribution is -2.25. The summed E-state index contributed by atoms with van der Waals surface area (Å²) < 4.78 is 27.4. The number of alkyl halides is 2. The van der Waals surface area contributed by atoms with Crippen molar-refractivity contribution >= 4 is 17.7 Å². The number of aryl methyl sites for hydroxylation is 1. The standard InChI is InChI=1S/C16H20F2O2S.C4H10/c1-6-13(9(2)3)21-14-8-12(7-10(4)11(14)5)16(17,18)15(19)20;1-4(2)3/h6-9H,1-5H3,(H,19,20);4H,1-3H3/b13-6-;. The second-order valence-corrected chi connectivity index (χ2v) is 8.09. The molecule has 0 unspecified atom stereocenters. The minimum absolute atomic E-state index is 0.281. The number of hydrogen-bond donors (Lipinski definition) is 1. The number of carboxylic acids is 1. The van der Waals surface area contributed by atoms with Gasteiger partial charge in [-0.1, -0.05) is 52.5 Å². The number of thioether (sulfide) groups is 1. The third-order valence-corrected chi connectivity index (χ3v) is 4.92. The lowest BCUT2D eigenvalue weighted by molar-refractivity contribution is -0.166. The average Bonchev–Trinajstić information content (AvgIpc) is 2.47. The van der Waals surface area contributed by atoms with Gasteiger partial charge in [-0.15, -0.1) is 0 Å².